The van der Waals surface area contributed by atoms with Crippen LogP contribution in [0.25, 0.3) is 0 Å². The van der Waals surface area contributed by atoms with Gasteiger partial charge in [-0.3, -0.25) is 4.79 Å². The second kappa shape index (κ2) is 38.0. The minimum absolute atomic E-state index is 0.0672. The Morgan fingerprint density at radius 3 is 1.29 bits per heavy atom. The maximum atomic E-state index is 12.9. The fourth-order valence-corrected chi connectivity index (χ4v) is 8.40. The SMILES string of the molecule is CCCCCCCCCCCCCCCCCCCCCCCCCC(=O)OC(COCCCCCCCC)COC1OC(COC2OC(CO)C(O)C(O)C2O)C(O)C(O)C1O. The van der Waals surface area contributed by atoms with Crippen LogP contribution in [0.4, 0.5) is 0 Å². The van der Waals surface area contributed by atoms with E-state index in [-0.39, 0.29) is 25.6 Å². The average Bonchev–Trinajstić information content (AvgIpc) is 3.28. The third-order valence-electron chi connectivity index (χ3n) is 12.6. The van der Waals surface area contributed by atoms with Crippen LogP contribution in [0.3, 0.4) is 0 Å². The van der Waals surface area contributed by atoms with Crippen LogP contribution < -0.4 is 0 Å². The summed E-state index contributed by atoms with van der Waals surface area (Å²) in [4.78, 5) is 12.9. The summed E-state index contributed by atoms with van der Waals surface area (Å²) < 4.78 is 34.1. The Labute approximate surface area is 381 Å². The number of aliphatic hydroxyl groups is 7. The van der Waals surface area contributed by atoms with Crippen LogP contribution in [-0.4, -0.2) is 142 Å². The number of aliphatic hydroxyl groups excluding tert-OH is 7. The van der Waals surface area contributed by atoms with Crippen molar-refractivity contribution in [2.75, 3.05) is 33.0 Å². The number of hydrogen-bond donors (Lipinski definition) is 7. The molecule has 0 aromatic rings. The predicted octanol–water partition coefficient (Wildman–Crippen LogP) is 7.30. The van der Waals surface area contributed by atoms with E-state index in [4.69, 9.17) is 28.4 Å². The van der Waals surface area contributed by atoms with Gasteiger partial charge in [-0.05, 0) is 12.8 Å². The Hall–Kier alpha value is -1.01. The van der Waals surface area contributed by atoms with Gasteiger partial charge in [-0.2, -0.15) is 0 Å². The van der Waals surface area contributed by atoms with Crippen molar-refractivity contribution < 1.29 is 69.0 Å². The number of carbonyl (C=O) groups is 1. The maximum Gasteiger partial charge on any atom is 0.306 e. The zero-order chi connectivity index (χ0) is 45.9. The third kappa shape index (κ3) is 26.2. The summed E-state index contributed by atoms with van der Waals surface area (Å²) in [5.41, 5.74) is 0. The number of hydrogen-bond acceptors (Lipinski definition) is 14. The molecule has 0 aromatic carbocycles. The van der Waals surface area contributed by atoms with Crippen LogP contribution >= 0.6 is 0 Å². The Morgan fingerprint density at radius 2 is 0.841 bits per heavy atom. The fraction of sp³-hybridized carbons (Fsp3) is 0.980. The molecule has 2 aliphatic heterocycles. The molecule has 0 spiro atoms. The van der Waals surface area contributed by atoms with E-state index in [9.17, 15) is 40.5 Å². The zero-order valence-electron chi connectivity index (χ0n) is 39.6. The first-order valence-electron chi connectivity index (χ1n) is 25.6. The van der Waals surface area contributed by atoms with Crippen LogP contribution in [0.2, 0.25) is 0 Å². The summed E-state index contributed by atoms with van der Waals surface area (Å²) >= 11 is 0. The smallest absolute Gasteiger partial charge is 0.306 e. The standard InChI is InChI=1S/C49H94O14/c1-3-5-7-9-11-12-13-14-15-16-17-18-19-20-21-22-23-24-25-26-27-28-30-32-41(51)61-38(35-58-33-31-29-10-8-6-4-2)36-59-48-47(57)45(55)43(53)40(63-48)37-60-49-46(56)44(54)42(52)39(34-50)62-49/h38-40,42-50,52-57H,3-37H2,1-2H3. The monoisotopic (exact) mass is 907 g/mol. The lowest BCUT2D eigenvalue weighted by molar-refractivity contribution is -0.332. The Kier molecular flexibility index (Phi) is 35.1. The minimum Gasteiger partial charge on any atom is -0.457 e. The molecule has 2 saturated heterocycles. The lowest BCUT2D eigenvalue weighted by Gasteiger charge is -2.42. The van der Waals surface area contributed by atoms with Crippen molar-refractivity contribution in [2.45, 2.75) is 274 Å². The lowest BCUT2D eigenvalue weighted by Crippen LogP contribution is -2.61. The highest BCUT2D eigenvalue weighted by Crippen LogP contribution is 2.26. The largest absolute Gasteiger partial charge is 0.457 e. The van der Waals surface area contributed by atoms with E-state index in [0.717, 1.165) is 44.9 Å². The molecule has 7 N–H and O–H groups in total. The summed E-state index contributed by atoms with van der Waals surface area (Å²) in [6.45, 7) is 3.67. The van der Waals surface area contributed by atoms with Gasteiger partial charge in [-0.25, -0.2) is 0 Å². The molecule has 2 fully saturated rings. The van der Waals surface area contributed by atoms with Gasteiger partial charge in [-0.1, -0.05) is 187 Å². The normalized spacial score (nSPS) is 26.9. The van der Waals surface area contributed by atoms with E-state index < -0.39 is 80.7 Å². The van der Waals surface area contributed by atoms with Crippen LogP contribution in [-0.2, 0) is 33.2 Å². The Bertz CT molecular complexity index is 1050. The Morgan fingerprint density at radius 1 is 0.460 bits per heavy atom. The Balaban J connectivity index is 1.64. The number of rotatable bonds is 41. The molecule has 11 unspecified atom stereocenters. The van der Waals surface area contributed by atoms with Crippen LogP contribution in [0.1, 0.15) is 206 Å². The molecule has 14 nitrogen and oxygen atoms in total. The molecule has 14 heteroatoms. The van der Waals surface area contributed by atoms with Gasteiger partial charge < -0.3 is 64.2 Å². The van der Waals surface area contributed by atoms with E-state index in [2.05, 4.69) is 13.8 Å². The molecule has 2 rings (SSSR count). The van der Waals surface area contributed by atoms with Crippen LogP contribution in [0.5, 0.6) is 0 Å². The highest BCUT2D eigenvalue weighted by atomic mass is 16.7. The van der Waals surface area contributed by atoms with Crippen molar-refractivity contribution in [3.8, 4) is 0 Å². The molecule has 0 amide bonds. The van der Waals surface area contributed by atoms with Gasteiger partial charge in [0.15, 0.2) is 12.6 Å². The van der Waals surface area contributed by atoms with Gasteiger partial charge in [0, 0.05) is 13.0 Å². The summed E-state index contributed by atoms with van der Waals surface area (Å²) in [6, 6.07) is 0. The molecular formula is C49H94O14. The van der Waals surface area contributed by atoms with Crippen molar-refractivity contribution in [1.82, 2.24) is 0 Å². The molecule has 0 aliphatic carbocycles. The van der Waals surface area contributed by atoms with E-state index in [1.165, 1.54) is 141 Å². The third-order valence-corrected chi connectivity index (χ3v) is 12.6. The molecule has 0 saturated carbocycles. The molecule has 0 radical (unpaired) electrons. The first-order chi connectivity index (χ1) is 30.6. The van der Waals surface area contributed by atoms with Crippen molar-refractivity contribution in [3.63, 3.8) is 0 Å². The van der Waals surface area contributed by atoms with Gasteiger partial charge in [0.25, 0.3) is 0 Å². The molecule has 11 atom stereocenters. The minimum atomic E-state index is -1.70. The first kappa shape index (κ1) is 58.1. The molecule has 2 heterocycles. The number of unbranched alkanes of at least 4 members (excludes halogenated alkanes) is 27. The topological polar surface area (TPSA) is 214 Å². The molecule has 63 heavy (non-hydrogen) atoms. The fourth-order valence-electron chi connectivity index (χ4n) is 8.40. The second-order valence-electron chi connectivity index (χ2n) is 18.4. The van der Waals surface area contributed by atoms with Crippen molar-refractivity contribution in [3.05, 3.63) is 0 Å². The van der Waals surface area contributed by atoms with Crippen molar-refractivity contribution in [2.24, 2.45) is 0 Å². The van der Waals surface area contributed by atoms with Gasteiger partial charge in [0.05, 0.1) is 26.4 Å². The molecule has 2 aliphatic rings. The van der Waals surface area contributed by atoms with Gasteiger partial charge in [0.2, 0.25) is 0 Å². The summed E-state index contributed by atoms with van der Waals surface area (Å²) in [5, 5.41) is 71.8. The molecule has 374 valence electrons. The molecule has 0 bridgehead atoms. The molecule has 0 aromatic heterocycles. The van der Waals surface area contributed by atoms with Gasteiger partial charge in [0.1, 0.15) is 54.9 Å². The number of carbonyl (C=O) groups excluding carboxylic acids is 1. The van der Waals surface area contributed by atoms with Gasteiger partial charge in [-0.15, -0.1) is 0 Å². The zero-order valence-corrected chi connectivity index (χ0v) is 39.6. The van der Waals surface area contributed by atoms with Crippen LogP contribution in [0.15, 0.2) is 0 Å². The van der Waals surface area contributed by atoms with Gasteiger partial charge >= 0.3 is 5.97 Å². The number of ether oxygens (including phenoxy) is 6. The summed E-state index contributed by atoms with van der Waals surface area (Å²) in [5.74, 6) is -0.373. The first-order valence-corrected chi connectivity index (χ1v) is 25.6. The maximum absolute atomic E-state index is 12.9. The van der Waals surface area contributed by atoms with Crippen molar-refractivity contribution in [1.29, 1.82) is 0 Å². The predicted molar refractivity (Wildman–Crippen MR) is 243 cm³/mol. The lowest BCUT2D eigenvalue weighted by atomic mass is 9.98. The van der Waals surface area contributed by atoms with E-state index in [0.29, 0.717) is 6.61 Å². The summed E-state index contributed by atoms with van der Waals surface area (Å²) in [7, 11) is 0. The summed E-state index contributed by atoms with van der Waals surface area (Å²) in [6.07, 6.45) is 20.7. The van der Waals surface area contributed by atoms with Crippen LogP contribution in [0, 0.1) is 0 Å². The highest BCUT2D eigenvalue weighted by molar-refractivity contribution is 5.69. The van der Waals surface area contributed by atoms with E-state index >= 15 is 0 Å². The molecular weight excluding hydrogens is 813 g/mol. The van der Waals surface area contributed by atoms with E-state index in [1.807, 2.05) is 0 Å². The quantitative estimate of drug-likeness (QED) is 0.0237. The highest BCUT2D eigenvalue weighted by Gasteiger charge is 2.47. The number of esters is 1. The second-order valence-corrected chi connectivity index (χ2v) is 18.4. The average molecular weight is 907 g/mol. The van der Waals surface area contributed by atoms with Crippen molar-refractivity contribution >= 4 is 5.97 Å². The van der Waals surface area contributed by atoms with E-state index in [1.54, 1.807) is 0 Å².